The second-order valence-corrected chi connectivity index (χ2v) is 6.32. The quantitative estimate of drug-likeness (QED) is 0.706. The molecule has 8 heteroatoms. The van der Waals surface area contributed by atoms with Crippen molar-refractivity contribution in [1.29, 1.82) is 0 Å². The molecule has 0 aliphatic heterocycles. The molecule has 0 radical (unpaired) electrons. The van der Waals surface area contributed by atoms with Crippen LogP contribution in [0.4, 0.5) is 4.39 Å². The number of nitrogens with zero attached hydrogens (tertiary/aromatic N) is 3. The van der Waals surface area contributed by atoms with Crippen molar-refractivity contribution in [3.8, 4) is 11.5 Å². The number of hydrogen-bond acceptors (Lipinski definition) is 6. The van der Waals surface area contributed by atoms with Gasteiger partial charge in [0.2, 0.25) is 5.82 Å². The number of carbonyl (C=O) groups is 1. The molecule has 2 aromatic heterocycles. The summed E-state index contributed by atoms with van der Waals surface area (Å²) in [5.74, 6) is -0.133. The number of halogens is 1. The van der Waals surface area contributed by atoms with Crippen LogP contribution in [0.2, 0.25) is 0 Å². The van der Waals surface area contributed by atoms with Crippen molar-refractivity contribution in [2.45, 2.75) is 18.6 Å². The van der Waals surface area contributed by atoms with Crippen molar-refractivity contribution < 1.29 is 18.8 Å². The molecule has 0 saturated carbocycles. The van der Waals surface area contributed by atoms with E-state index in [1.54, 1.807) is 6.20 Å². The lowest BCUT2D eigenvalue weighted by Crippen LogP contribution is -2.32. The number of rotatable bonds is 5. The lowest BCUT2D eigenvalue weighted by Gasteiger charge is -2.14. The Labute approximate surface area is 159 Å². The van der Waals surface area contributed by atoms with E-state index in [0.717, 1.165) is 10.8 Å². The molecule has 0 spiro atoms. The monoisotopic (exact) mass is 380 g/mol. The Morgan fingerprint density at radius 3 is 3.00 bits per heavy atom. The molecule has 28 heavy (non-hydrogen) atoms. The molecule has 1 amide bonds. The molecule has 2 atom stereocenters. The average molecular weight is 380 g/mol. The molecule has 1 aliphatic rings. The number of fused-ring (bicyclic) bond motifs is 1. The van der Waals surface area contributed by atoms with E-state index < -0.39 is 24.7 Å². The molecule has 1 aliphatic carbocycles. The van der Waals surface area contributed by atoms with Gasteiger partial charge in [-0.3, -0.25) is 9.78 Å². The number of aromatic nitrogens is 3. The Bertz CT molecular complexity index is 1070. The molecule has 7 nitrogen and oxygen atoms in total. The summed E-state index contributed by atoms with van der Waals surface area (Å²) in [6, 6.07) is 8.65. The Kier molecular flexibility index (Phi) is 4.94. The van der Waals surface area contributed by atoms with Gasteiger partial charge in [-0.15, -0.1) is 0 Å². The number of alkyl halides is 1. The van der Waals surface area contributed by atoms with Crippen LogP contribution in [-0.4, -0.2) is 38.9 Å². The van der Waals surface area contributed by atoms with Gasteiger partial charge in [-0.1, -0.05) is 41.6 Å². The maximum absolute atomic E-state index is 13.1. The molecular formula is C20H17FN4O3. The van der Waals surface area contributed by atoms with E-state index in [1.807, 2.05) is 30.3 Å². The predicted molar refractivity (Wildman–Crippen MR) is 99.7 cm³/mol. The fourth-order valence-electron chi connectivity index (χ4n) is 2.96. The molecule has 1 aromatic carbocycles. The van der Waals surface area contributed by atoms with Crippen LogP contribution in [0.25, 0.3) is 22.3 Å². The molecule has 0 saturated heterocycles. The van der Waals surface area contributed by atoms with Crippen molar-refractivity contribution >= 4 is 16.7 Å². The van der Waals surface area contributed by atoms with Gasteiger partial charge in [-0.2, -0.15) is 4.98 Å². The van der Waals surface area contributed by atoms with Crippen molar-refractivity contribution in [1.82, 2.24) is 20.4 Å². The number of aliphatic hydroxyl groups excluding tert-OH is 1. The number of carbonyl (C=O) groups excluding carboxylic acids is 1. The molecule has 4 rings (SSSR count). The smallest absolute Gasteiger partial charge is 0.251 e. The van der Waals surface area contributed by atoms with Crippen LogP contribution >= 0.6 is 0 Å². The minimum atomic E-state index is -1.09. The summed E-state index contributed by atoms with van der Waals surface area (Å²) >= 11 is 0. The normalized spacial score (nSPS) is 17.4. The minimum absolute atomic E-state index is 0.0596. The van der Waals surface area contributed by atoms with E-state index >= 15 is 0 Å². The first-order valence-corrected chi connectivity index (χ1v) is 8.77. The molecule has 142 valence electrons. The number of nitrogens with one attached hydrogen (secondary N) is 1. The topological polar surface area (TPSA) is 101 Å². The molecule has 0 bridgehead atoms. The summed E-state index contributed by atoms with van der Waals surface area (Å²) in [5.41, 5.74) is 0.867. The first-order valence-electron chi connectivity index (χ1n) is 8.77. The van der Waals surface area contributed by atoms with Gasteiger partial charge in [0, 0.05) is 23.6 Å². The van der Waals surface area contributed by atoms with Gasteiger partial charge in [0.15, 0.2) is 0 Å². The molecule has 0 fully saturated rings. The highest BCUT2D eigenvalue weighted by Crippen LogP contribution is 2.25. The third-order valence-corrected chi connectivity index (χ3v) is 4.42. The number of amides is 1. The van der Waals surface area contributed by atoms with Crippen LogP contribution in [0.15, 0.2) is 64.9 Å². The van der Waals surface area contributed by atoms with Crippen LogP contribution in [0.3, 0.4) is 0 Å². The number of hydrogen-bond donors (Lipinski definition) is 2. The van der Waals surface area contributed by atoms with Crippen molar-refractivity contribution in [3.05, 3.63) is 66.2 Å². The zero-order valence-electron chi connectivity index (χ0n) is 14.7. The van der Waals surface area contributed by atoms with Crippen molar-refractivity contribution in [3.63, 3.8) is 0 Å². The number of aliphatic hydroxyl groups is 1. The standard InChI is InChI=1S/C20H17FN4O3/c21-14-7-5-13(6-8-14)19(27)23-16(11-26)20-24-18(25-28-20)17-15-4-2-1-3-12(15)9-10-22-17/h1-7,9-10,14,16,26H,8,11H2,(H,23,27)/t14?,16-/m0/s1. The average Bonchev–Trinajstić information content (AvgIpc) is 3.21. The van der Waals surface area contributed by atoms with Gasteiger partial charge in [0.1, 0.15) is 17.9 Å². The van der Waals surface area contributed by atoms with Crippen LogP contribution in [-0.2, 0) is 4.79 Å². The van der Waals surface area contributed by atoms with Crippen LogP contribution in [0.1, 0.15) is 18.4 Å². The molecule has 1 unspecified atom stereocenters. The van der Waals surface area contributed by atoms with E-state index in [0.29, 0.717) is 11.3 Å². The number of benzene rings is 1. The highest BCUT2D eigenvalue weighted by molar-refractivity contribution is 5.96. The number of allylic oxidation sites excluding steroid dienone is 2. The lowest BCUT2D eigenvalue weighted by molar-refractivity contribution is -0.118. The van der Waals surface area contributed by atoms with Gasteiger partial charge in [0.25, 0.3) is 11.8 Å². The van der Waals surface area contributed by atoms with Gasteiger partial charge in [-0.25, -0.2) is 4.39 Å². The fourth-order valence-corrected chi connectivity index (χ4v) is 2.96. The zero-order valence-corrected chi connectivity index (χ0v) is 14.7. The predicted octanol–water partition coefficient (Wildman–Crippen LogP) is 2.66. The summed E-state index contributed by atoms with van der Waals surface area (Å²) in [5, 5.41) is 18.1. The minimum Gasteiger partial charge on any atom is -0.394 e. The van der Waals surface area contributed by atoms with E-state index in [2.05, 4.69) is 20.4 Å². The van der Waals surface area contributed by atoms with Crippen molar-refractivity contribution in [2.24, 2.45) is 0 Å². The van der Waals surface area contributed by atoms with E-state index in [9.17, 15) is 14.3 Å². The van der Waals surface area contributed by atoms with E-state index in [-0.39, 0.29) is 18.1 Å². The summed E-state index contributed by atoms with van der Waals surface area (Å²) in [6.45, 7) is -0.431. The van der Waals surface area contributed by atoms with Gasteiger partial charge < -0.3 is 14.9 Å². The van der Waals surface area contributed by atoms with Crippen LogP contribution in [0, 0.1) is 0 Å². The fraction of sp³-hybridized carbons (Fsp3) is 0.200. The Balaban J connectivity index is 1.57. The first kappa shape index (κ1) is 18.0. The van der Waals surface area contributed by atoms with E-state index in [4.69, 9.17) is 4.52 Å². The Hall–Kier alpha value is -3.39. The highest BCUT2D eigenvalue weighted by Gasteiger charge is 2.23. The second kappa shape index (κ2) is 7.69. The maximum Gasteiger partial charge on any atom is 0.251 e. The Morgan fingerprint density at radius 1 is 1.36 bits per heavy atom. The first-order chi connectivity index (χ1) is 13.7. The SMILES string of the molecule is O=C(N[C@@H](CO)c1nc(-c2nccc3ccccc23)no1)C1=CCC(F)C=C1. The lowest BCUT2D eigenvalue weighted by atomic mass is 10.1. The molecule has 3 aromatic rings. The number of pyridine rings is 1. The van der Waals surface area contributed by atoms with Gasteiger partial charge in [-0.05, 0) is 17.5 Å². The second-order valence-electron chi connectivity index (χ2n) is 6.32. The summed E-state index contributed by atoms with van der Waals surface area (Å²) in [4.78, 5) is 21.0. The molecule has 2 N–H and O–H groups in total. The van der Waals surface area contributed by atoms with E-state index in [1.165, 1.54) is 18.2 Å². The van der Waals surface area contributed by atoms with Gasteiger partial charge >= 0.3 is 0 Å². The molecular weight excluding hydrogens is 363 g/mol. The third kappa shape index (κ3) is 3.54. The summed E-state index contributed by atoms with van der Waals surface area (Å²) in [6.07, 6.45) is 4.95. The van der Waals surface area contributed by atoms with Crippen LogP contribution < -0.4 is 5.32 Å². The summed E-state index contributed by atoms with van der Waals surface area (Å²) in [7, 11) is 0. The van der Waals surface area contributed by atoms with Crippen LogP contribution in [0.5, 0.6) is 0 Å². The Morgan fingerprint density at radius 2 is 2.21 bits per heavy atom. The largest absolute Gasteiger partial charge is 0.394 e. The van der Waals surface area contributed by atoms with Gasteiger partial charge in [0.05, 0.1) is 6.61 Å². The summed E-state index contributed by atoms with van der Waals surface area (Å²) < 4.78 is 18.4. The maximum atomic E-state index is 13.1. The zero-order chi connectivity index (χ0) is 19.5. The van der Waals surface area contributed by atoms with Crippen molar-refractivity contribution in [2.75, 3.05) is 6.61 Å². The highest BCUT2D eigenvalue weighted by atomic mass is 19.1. The molecule has 2 heterocycles. The third-order valence-electron chi connectivity index (χ3n) is 4.42.